The lowest BCUT2D eigenvalue weighted by atomic mass is 10.1. The van der Waals surface area contributed by atoms with Gasteiger partial charge in [-0.2, -0.15) is 0 Å². The maximum absolute atomic E-state index is 9.95. The van der Waals surface area contributed by atoms with Gasteiger partial charge in [-0.15, -0.1) is 0 Å². The molecule has 0 saturated carbocycles. The van der Waals surface area contributed by atoms with Gasteiger partial charge in [0.2, 0.25) is 0 Å². The Balaban J connectivity index is 2.08. The van der Waals surface area contributed by atoms with Gasteiger partial charge in [0.25, 0.3) is 0 Å². The Bertz CT molecular complexity index is 204. The molecule has 1 rings (SSSR count). The Hall–Kier alpha value is -0.160. The van der Waals surface area contributed by atoms with Crippen molar-refractivity contribution in [1.29, 1.82) is 0 Å². The predicted molar refractivity (Wildman–Crippen MR) is 74.8 cm³/mol. The summed E-state index contributed by atoms with van der Waals surface area (Å²) in [5.74, 6) is 0.638. The fourth-order valence-corrected chi connectivity index (χ4v) is 2.40. The lowest BCUT2D eigenvalue weighted by Crippen LogP contribution is -2.44. The van der Waals surface area contributed by atoms with Crippen LogP contribution in [0.5, 0.6) is 0 Å². The Kier molecular flexibility index (Phi) is 7.82. The van der Waals surface area contributed by atoms with Gasteiger partial charge < -0.3 is 20.1 Å². The summed E-state index contributed by atoms with van der Waals surface area (Å²) < 4.78 is 5.63. The zero-order valence-corrected chi connectivity index (χ0v) is 12.2. The summed E-state index contributed by atoms with van der Waals surface area (Å²) in [6.07, 6.45) is 2.37. The van der Waals surface area contributed by atoms with Crippen molar-refractivity contribution in [2.45, 2.75) is 45.8 Å². The SMILES string of the molecule is CCOC1CCN(CC(O)CNCC(C)C)CC1. The number of ether oxygens (including phenoxy) is 1. The first-order valence-electron chi connectivity index (χ1n) is 7.34. The number of aliphatic hydroxyl groups is 1. The molecule has 2 N–H and O–H groups in total. The Morgan fingerprint density at radius 3 is 2.50 bits per heavy atom. The van der Waals surface area contributed by atoms with Crippen LogP contribution in [0.2, 0.25) is 0 Å². The van der Waals surface area contributed by atoms with E-state index in [1.54, 1.807) is 0 Å². The minimum absolute atomic E-state index is 0.257. The second-order valence-corrected chi connectivity index (χ2v) is 5.66. The van der Waals surface area contributed by atoms with Gasteiger partial charge in [-0.3, -0.25) is 0 Å². The summed E-state index contributed by atoms with van der Waals surface area (Å²) in [6.45, 7) is 11.8. The highest BCUT2D eigenvalue weighted by Gasteiger charge is 2.20. The molecule has 0 radical (unpaired) electrons. The monoisotopic (exact) mass is 258 g/mol. The lowest BCUT2D eigenvalue weighted by Gasteiger charge is -2.33. The first kappa shape index (κ1) is 15.9. The van der Waals surface area contributed by atoms with Crippen molar-refractivity contribution in [2.75, 3.05) is 39.3 Å². The molecule has 1 aliphatic rings. The molecule has 1 aliphatic heterocycles. The molecule has 0 amide bonds. The molecule has 108 valence electrons. The summed E-state index contributed by atoms with van der Waals surface area (Å²) in [6, 6.07) is 0. The Morgan fingerprint density at radius 2 is 1.94 bits per heavy atom. The number of hydrogen-bond donors (Lipinski definition) is 2. The van der Waals surface area contributed by atoms with Crippen LogP contribution in [0.25, 0.3) is 0 Å². The second kappa shape index (κ2) is 8.86. The molecule has 1 atom stereocenters. The third-order valence-electron chi connectivity index (χ3n) is 3.34. The van der Waals surface area contributed by atoms with Crippen LogP contribution in [0.4, 0.5) is 0 Å². The van der Waals surface area contributed by atoms with Crippen molar-refractivity contribution in [3.63, 3.8) is 0 Å². The van der Waals surface area contributed by atoms with Crippen molar-refractivity contribution in [1.82, 2.24) is 10.2 Å². The van der Waals surface area contributed by atoms with Crippen molar-refractivity contribution in [3.8, 4) is 0 Å². The molecule has 1 unspecified atom stereocenters. The quantitative estimate of drug-likeness (QED) is 0.684. The fourth-order valence-electron chi connectivity index (χ4n) is 2.40. The van der Waals surface area contributed by atoms with Crippen LogP contribution < -0.4 is 5.32 Å². The molecule has 4 heteroatoms. The molecule has 0 aliphatic carbocycles. The number of nitrogens with one attached hydrogen (secondary N) is 1. The van der Waals surface area contributed by atoms with Crippen molar-refractivity contribution >= 4 is 0 Å². The van der Waals surface area contributed by atoms with E-state index in [-0.39, 0.29) is 6.10 Å². The van der Waals surface area contributed by atoms with Gasteiger partial charge in [0.1, 0.15) is 0 Å². The molecule has 1 saturated heterocycles. The molecule has 0 bridgehead atoms. The summed E-state index contributed by atoms with van der Waals surface area (Å²) in [7, 11) is 0. The predicted octanol–water partition coefficient (Wildman–Crippen LogP) is 1.09. The Labute approximate surface area is 112 Å². The third kappa shape index (κ3) is 6.69. The molecule has 4 nitrogen and oxygen atoms in total. The highest BCUT2D eigenvalue weighted by Crippen LogP contribution is 2.13. The smallest absolute Gasteiger partial charge is 0.0791 e. The highest BCUT2D eigenvalue weighted by molar-refractivity contribution is 4.75. The normalized spacial score (nSPS) is 20.5. The molecule has 0 aromatic heterocycles. The molecular formula is C14H30N2O2. The summed E-state index contributed by atoms with van der Waals surface area (Å²) in [5, 5.41) is 13.3. The molecule has 1 heterocycles. The topological polar surface area (TPSA) is 44.7 Å². The van der Waals surface area contributed by atoms with E-state index in [0.29, 0.717) is 18.6 Å². The van der Waals surface area contributed by atoms with Gasteiger partial charge in [-0.05, 0) is 32.2 Å². The van der Waals surface area contributed by atoms with E-state index >= 15 is 0 Å². The van der Waals surface area contributed by atoms with Gasteiger partial charge in [-0.1, -0.05) is 13.8 Å². The number of aliphatic hydroxyl groups excluding tert-OH is 1. The van der Waals surface area contributed by atoms with Gasteiger partial charge in [0.15, 0.2) is 0 Å². The van der Waals surface area contributed by atoms with Gasteiger partial charge in [0, 0.05) is 32.8 Å². The number of nitrogens with zero attached hydrogens (tertiary/aromatic N) is 1. The summed E-state index contributed by atoms with van der Waals surface area (Å²) in [5.41, 5.74) is 0. The first-order chi connectivity index (χ1) is 8.61. The van der Waals surface area contributed by atoms with E-state index in [9.17, 15) is 5.11 Å². The summed E-state index contributed by atoms with van der Waals surface area (Å²) >= 11 is 0. The van der Waals surface area contributed by atoms with Crippen LogP contribution in [0, 0.1) is 5.92 Å². The second-order valence-electron chi connectivity index (χ2n) is 5.66. The zero-order valence-electron chi connectivity index (χ0n) is 12.2. The van der Waals surface area contributed by atoms with Crippen LogP contribution >= 0.6 is 0 Å². The number of piperidine rings is 1. The highest BCUT2D eigenvalue weighted by atomic mass is 16.5. The van der Waals surface area contributed by atoms with Crippen molar-refractivity contribution < 1.29 is 9.84 Å². The third-order valence-corrected chi connectivity index (χ3v) is 3.34. The molecular weight excluding hydrogens is 228 g/mol. The average molecular weight is 258 g/mol. The molecule has 0 spiro atoms. The fraction of sp³-hybridized carbons (Fsp3) is 1.00. The first-order valence-corrected chi connectivity index (χ1v) is 7.34. The van der Waals surface area contributed by atoms with E-state index in [1.165, 1.54) is 0 Å². The van der Waals surface area contributed by atoms with Crippen LogP contribution in [0.15, 0.2) is 0 Å². The Morgan fingerprint density at radius 1 is 1.28 bits per heavy atom. The van der Waals surface area contributed by atoms with E-state index in [0.717, 1.165) is 45.6 Å². The maximum atomic E-state index is 9.95. The van der Waals surface area contributed by atoms with Crippen LogP contribution in [-0.4, -0.2) is 61.5 Å². The number of likely N-dealkylation sites (tertiary alicyclic amines) is 1. The van der Waals surface area contributed by atoms with Crippen molar-refractivity contribution in [2.24, 2.45) is 5.92 Å². The molecule has 0 aromatic rings. The minimum Gasteiger partial charge on any atom is -0.390 e. The van der Waals surface area contributed by atoms with Crippen LogP contribution in [0.3, 0.4) is 0 Å². The zero-order chi connectivity index (χ0) is 13.4. The minimum atomic E-state index is -0.257. The van der Waals surface area contributed by atoms with Crippen LogP contribution in [0.1, 0.15) is 33.6 Å². The van der Waals surface area contributed by atoms with Gasteiger partial charge in [-0.25, -0.2) is 0 Å². The number of β-amino-alcohol motifs (C(OH)–C–C–N with tert-alkyl or cyclic N) is 1. The maximum Gasteiger partial charge on any atom is 0.0791 e. The number of rotatable bonds is 8. The van der Waals surface area contributed by atoms with Gasteiger partial charge >= 0.3 is 0 Å². The molecule has 18 heavy (non-hydrogen) atoms. The van der Waals surface area contributed by atoms with E-state index in [2.05, 4.69) is 31.0 Å². The molecule has 0 aromatic carbocycles. The number of hydrogen-bond acceptors (Lipinski definition) is 4. The standard InChI is InChI=1S/C14H30N2O2/c1-4-18-14-5-7-16(8-6-14)11-13(17)10-15-9-12(2)3/h12-15,17H,4-11H2,1-3H3. The molecule has 1 fully saturated rings. The van der Waals surface area contributed by atoms with Crippen LogP contribution in [-0.2, 0) is 4.74 Å². The van der Waals surface area contributed by atoms with Gasteiger partial charge in [0.05, 0.1) is 12.2 Å². The van der Waals surface area contributed by atoms with E-state index < -0.39 is 0 Å². The van der Waals surface area contributed by atoms with Crippen molar-refractivity contribution in [3.05, 3.63) is 0 Å². The largest absolute Gasteiger partial charge is 0.390 e. The lowest BCUT2D eigenvalue weighted by molar-refractivity contribution is 0.00360. The summed E-state index contributed by atoms with van der Waals surface area (Å²) in [4.78, 5) is 2.34. The average Bonchev–Trinajstić information content (AvgIpc) is 2.31. The van der Waals surface area contributed by atoms with E-state index in [1.807, 2.05) is 0 Å². The van der Waals surface area contributed by atoms with E-state index in [4.69, 9.17) is 4.74 Å².